The van der Waals surface area contributed by atoms with Crippen molar-refractivity contribution in [2.75, 3.05) is 13.7 Å². The summed E-state index contributed by atoms with van der Waals surface area (Å²) in [5.74, 6) is 0.234. The Morgan fingerprint density at radius 3 is 2.57 bits per heavy atom. The zero-order valence-electron chi connectivity index (χ0n) is 20.2. The van der Waals surface area contributed by atoms with E-state index in [1.807, 2.05) is 48.5 Å². The molecule has 0 spiro atoms. The summed E-state index contributed by atoms with van der Waals surface area (Å²) in [6.07, 6.45) is 1.73. The van der Waals surface area contributed by atoms with Gasteiger partial charge < -0.3 is 14.2 Å². The van der Waals surface area contributed by atoms with Crippen LogP contribution in [-0.2, 0) is 20.9 Å². The number of halogens is 1. The van der Waals surface area contributed by atoms with Crippen molar-refractivity contribution < 1.29 is 23.8 Å². The van der Waals surface area contributed by atoms with E-state index in [0.29, 0.717) is 32.9 Å². The van der Waals surface area contributed by atoms with E-state index < -0.39 is 12.0 Å². The molecule has 1 aliphatic heterocycles. The number of nitrogens with zero attached hydrogens (tertiary/aromatic N) is 1. The van der Waals surface area contributed by atoms with E-state index in [1.165, 1.54) is 4.90 Å². The molecule has 9 heteroatoms. The Kier molecular flexibility index (Phi) is 9.02. The molecule has 4 rings (SSSR count). The van der Waals surface area contributed by atoms with Gasteiger partial charge in [-0.2, -0.15) is 0 Å². The summed E-state index contributed by atoms with van der Waals surface area (Å²) in [5.41, 5.74) is 2.38. The molecule has 0 radical (unpaired) electrons. The first-order valence-corrected chi connectivity index (χ1v) is 13.5. The summed E-state index contributed by atoms with van der Waals surface area (Å²) in [4.78, 5) is 28.0. The van der Waals surface area contributed by atoms with Crippen molar-refractivity contribution in [1.82, 2.24) is 4.90 Å². The number of esters is 1. The minimum atomic E-state index is -0.956. The number of thioether (sulfide) groups is 1. The van der Waals surface area contributed by atoms with Gasteiger partial charge in [-0.15, -0.1) is 0 Å². The van der Waals surface area contributed by atoms with Gasteiger partial charge >= 0.3 is 5.97 Å². The molecule has 6 nitrogen and oxygen atoms in total. The largest absolute Gasteiger partial charge is 0.493 e. The summed E-state index contributed by atoms with van der Waals surface area (Å²) in [7, 11) is 1.56. The van der Waals surface area contributed by atoms with Gasteiger partial charge in [-0.1, -0.05) is 88.4 Å². The molecule has 1 aliphatic rings. The Hall–Kier alpha value is -3.14. The number of hydrogen-bond acceptors (Lipinski definition) is 7. The maximum Gasteiger partial charge on any atom is 0.333 e. The van der Waals surface area contributed by atoms with Crippen molar-refractivity contribution in [1.29, 1.82) is 0 Å². The number of methoxy groups -OCH3 is 1. The maximum atomic E-state index is 13.4. The molecule has 0 saturated carbocycles. The van der Waals surface area contributed by atoms with Crippen molar-refractivity contribution in [3.05, 3.63) is 98.9 Å². The van der Waals surface area contributed by atoms with E-state index in [0.717, 1.165) is 27.4 Å². The fourth-order valence-electron chi connectivity index (χ4n) is 3.78. The molecule has 0 aromatic heterocycles. The standard InChI is InChI=1S/C28H24BrNO5S2/c1-3-34-27(32)25(20-9-5-4-6-10-20)30-26(31)24(37-28(30)36)16-18-12-13-22(23(15-18)33-2)35-17-19-8-7-11-21(29)14-19/h4-16,25H,3,17H2,1-2H3/b24-16+. The Bertz CT molecular complexity index is 1350. The predicted molar refractivity (Wildman–Crippen MR) is 152 cm³/mol. The van der Waals surface area contributed by atoms with Gasteiger partial charge in [0.05, 0.1) is 18.6 Å². The van der Waals surface area contributed by atoms with Crippen LogP contribution in [0.15, 0.2) is 82.2 Å². The Morgan fingerprint density at radius 2 is 1.86 bits per heavy atom. The molecule has 0 N–H and O–H groups in total. The lowest BCUT2D eigenvalue weighted by molar-refractivity contribution is -0.151. The molecule has 3 aromatic carbocycles. The number of amides is 1. The van der Waals surface area contributed by atoms with Gasteiger partial charge in [-0.25, -0.2) is 4.79 Å². The SMILES string of the molecule is CCOC(=O)C(c1ccccc1)N1C(=O)/C(=C\c2ccc(OCc3cccc(Br)c3)c(OC)c2)SC1=S. The van der Waals surface area contributed by atoms with Gasteiger partial charge in [0.2, 0.25) is 0 Å². The average Bonchev–Trinajstić information content (AvgIpc) is 3.16. The second-order valence-electron chi connectivity index (χ2n) is 7.95. The molecule has 37 heavy (non-hydrogen) atoms. The quantitative estimate of drug-likeness (QED) is 0.157. The number of ether oxygens (including phenoxy) is 3. The number of benzene rings is 3. The molecule has 0 bridgehead atoms. The molecule has 1 atom stereocenters. The number of carbonyl (C=O) groups excluding carboxylic acids is 2. The molecule has 190 valence electrons. The smallest absolute Gasteiger partial charge is 0.333 e. The van der Waals surface area contributed by atoms with Crippen LogP contribution in [0.25, 0.3) is 6.08 Å². The third-order valence-corrected chi connectivity index (χ3v) is 7.30. The van der Waals surface area contributed by atoms with Crippen LogP contribution in [-0.4, -0.2) is 34.8 Å². The van der Waals surface area contributed by atoms with E-state index >= 15 is 0 Å². The summed E-state index contributed by atoms with van der Waals surface area (Å²) in [6.45, 7) is 2.30. The number of carbonyl (C=O) groups is 2. The van der Waals surface area contributed by atoms with Crippen LogP contribution in [0.3, 0.4) is 0 Å². The normalized spacial score (nSPS) is 15.1. The van der Waals surface area contributed by atoms with Crippen molar-refractivity contribution >= 4 is 62.2 Å². The molecule has 0 aliphatic carbocycles. The van der Waals surface area contributed by atoms with Gasteiger partial charge in [0.15, 0.2) is 17.5 Å². The third kappa shape index (κ3) is 6.41. The minimum Gasteiger partial charge on any atom is -0.493 e. The maximum absolute atomic E-state index is 13.4. The van der Waals surface area contributed by atoms with Crippen LogP contribution in [0, 0.1) is 0 Å². The summed E-state index contributed by atoms with van der Waals surface area (Å²) < 4.78 is 18.0. The van der Waals surface area contributed by atoms with Gasteiger partial charge in [-0.05, 0) is 54.0 Å². The zero-order valence-corrected chi connectivity index (χ0v) is 23.4. The molecular formula is C28H24BrNO5S2. The molecule has 1 amide bonds. The first-order chi connectivity index (χ1) is 17.9. The van der Waals surface area contributed by atoms with Crippen molar-refractivity contribution in [3.8, 4) is 11.5 Å². The summed E-state index contributed by atoms with van der Waals surface area (Å²) >= 11 is 10.1. The second kappa shape index (κ2) is 12.4. The highest BCUT2D eigenvalue weighted by atomic mass is 79.9. The number of thiocarbonyl (C=S) groups is 1. The van der Waals surface area contributed by atoms with E-state index in [1.54, 1.807) is 44.4 Å². The number of hydrogen-bond donors (Lipinski definition) is 0. The van der Waals surface area contributed by atoms with Gasteiger partial charge in [0.1, 0.15) is 10.9 Å². The second-order valence-corrected chi connectivity index (χ2v) is 10.5. The lowest BCUT2D eigenvalue weighted by Gasteiger charge is -2.25. The first kappa shape index (κ1) is 26.9. The molecular weight excluding hydrogens is 574 g/mol. The molecule has 3 aromatic rings. The fraction of sp³-hybridized carbons (Fsp3) is 0.179. The monoisotopic (exact) mass is 597 g/mol. The van der Waals surface area contributed by atoms with Gasteiger partial charge in [0.25, 0.3) is 5.91 Å². The highest BCUT2D eigenvalue weighted by molar-refractivity contribution is 9.10. The average molecular weight is 599 g/mol. The lowest BCUT2D eigenvalue weighted by Crippen LogP contribution is -2.38. The molecule has 1 heterocycles. The van der Waals surface area contributed by atoms with Crippen LogP contribution >= 0.6 is 39.9 Å². The Labute approximate surface area is 233 Å². The van der Waals surface area contributed by atoms with Crippen LogP contribution in [0.1, 0.15) is 29.7 Å². The van der Waals surface area contributed by atoms with Crippen LogP contribution in [0.4, 0.5) is 0 Å². The van der Waals surface area contributed by atoms with Crippen LogP contribution in [0.5, 0.6) is 11.5 Å². The van der Waals surface area contributed by atoms with E-state index in [9.17, 15) is 9.59 Å². The van der Waals surface area contributed by atoms with Crippen molar-refractivity contribution in [3.63, 3.8) is 0 Å². The summed E-state index contributed by atoms with van der Waals surface area (Å²) in [5, 5.41) is 0. The highest BCUT2D eigenvalue weighted by Gasteiger charge is 2.42. The zero-order chi connectivity index (χ0) is 26.4. The van der Waals surface area contributed by atoms with Crippen molar-refractivity contribution in [2.45, 2.75) is 19.6 Å². The highest BCUT2D eigenvalue weighted by Crippen LogP contribution is 2.39. The lowest BCUT2D eigenvalue weighted by atomic mass is 10.1. The molecule has 1 saturated heterocycles. The van der Waals surface area contributed by atoms with Crippen molar-refractivity contribution in [2.24, 2.45) is 0 Å². The van der Waals surface area contributed by atoms with Crippen LogP contribution < -0.4 is 9.47 Å². The fourth-order valence-corrected chi connectivity index (χ4v) is 5.54. The van der Waals surface area contributed by atoms with Crippen LogP contribution in [0.2, 0.25) is 0 Å². The third-order valence-electron chi connectivity index (χ3n) is 5.48. The topological polar surface area (TPSA) is 65.1 Å². The van der Waals surface area contributed by atoms with E-state index in [4.69, 9.17) is 26.4 Å². The van der Waals surface area contributed by atoms with E-state index in [-0.39, 0.29) is 12.5 Å². The van der Waals surface area contributed by atoms with E-state index in [2.05, 4.69) is 15.9 Å². The van der Waals surface area contributed by atoms with Gasteiger partial charge in [0, 0.05) is 4.47 Å². The van der Waals surface area contributed by atoms with Gasteiger partial charge in [-0.3, -0.25) is 9.69 Å². The Morgan fingerprint density at radius 1 is 1.08 bits per heavy atom. The molecule has 1 unspecified atom stereocenters. The first-order valence-electron chi connectivity index (χ1n) is 11.4. The Balaban J connectivity index is 1.57. The predicted octanol–water partition coefficient (Wildman–Crippen LogP) is 6.54. The minimum absolute atomic E-state index is 0.197. The number of rotatable bonds is 9. The summed E-state index contributed by atoms with van der Waals surface area (Å²) in [6, 6.07) is 21.4. The molecule has 1 fully saturated rings.